The third kappa shape index (κ3) is 5.63. The maximum Gasteiger partial charge on any atom is 0.244 e. The molecule has 0 bridgehead atoms. The normalized spacial score (nSPS) is 14.9. The zero-order valence-corrected chi connectivity index (χ0v) is 18.8. The molecule has 158 valence electrons. The summed E-state index contributed by atoms with van der Waals surface area (Å²) in [5, 5.41) is 5.39. The molecule has 0 saturated heterocycles. The first kappa shape index (κ1) is 21.9. The Kier molecular flexibility index (Phi) is 7.15. The second-order valence-corrected chi connectivity index (χ2v) is 8.04. The van der Waals surface area contributed by atoms with E-state index in [0.717, 1.165) is 33.3 Å². The molecular formula is C23H25BrN2O4. The Morgan fingerprint density at radius 3 is 2.83 bits per heavy atom. The fourth-order valence-electron chi connectivity index (χ4n) is 3.22. The lowest BCUT2D eigenvalue weighted by molar-refractivity contribution is -0.121. The van der Waals surface area contributed by atoms with Gasteiger partial charge < -0.3 is 20.1 Å². The number of hydrogen-bond acceptors (Lipinski definition) is 4. The van der Waals surface area contributed by atoms with Crippen molar-refractivity contribution in [1.82, 2.24) is 5.32 Å². The van der Waals surface area contributed by atoms with E-state index < -0.39 is 0 Å². The summed E-state index contributed by atoms with van der Waals surface area (Å²) in [6, 6.07) is 9.42. The minimum Gasteiger partial charge on any atom is -0.493 e. The first-order chi connectivity index (χ1) is 14.4. The highest BCUT2D eigenvalue weighted by Gasteiger charge is 2.21. The van der Waals surface area contributed by atoms with Crippen molar-refractivity contribution in [1.29, 1.82) is 0 Å². The van der Waals surface area contributed by atoms with Crippen LogP contribution in [0.3, 0.4) is 0 Å². The molecule has 30 heavy (non-hydrogen) atoms. The molecule has 0 saturated carbocycles. The quantitative estimate of drug-likeness (QED) is 0.590. The van der Waals surface area contributed by atoms with Crippen molar-refractivity contribution in [3.05, 3.63) is 57.6 Å². The largest absolute Gasteiger partial charge is 0.493 e. The molecule has 6 nitrogen and oxygen atoms in total. The summed E-state index contributed by atoms with van der Waals surface area (Å²) in [5.74, 6) is 0.865. The number of amides is 2. The molecule has 0 fully saturated rings. The zero-order valence-electron chi connectivity index (χ0n) is 17.3. The number of carbonyl (C=O) groups excluding carboxylic acids is 2. The van der Waals surface area contributed by atoms with E-state index in [0.29, 0.717) is 18.0 Å². The van der Waals surface area contributed by atoms with E-state index in [-0.39, 0.29) is 24.5 Å². The number of carbonyl (C=O) groups is 2. The minimum atomic E-state index is -0.366. The van der Waals surface area contributed by atoms with Crippen LogP contribution in [0.5, 0.6) is 11.5 Å². The average Bonchev–Trinajstić information content (AvgIpc) is 3.05. The van der Waals surface area contributed by atoms with Crippen molar-refractivity contribution in [2.75, 3.05) is 18.5 Å². The van der Waals surface area contributed by atoms with Gasteiger partial charge in [0.05, 0.1) is 13.2 Å². The number of benzene rings is 2. The van der Waals surface area contributed by atoms with Crippen molar-refractivity contribution in [2.24, 2.45) is 0 Å². The third-order valence-electron chi connectivity index (χ3n) is 4.63. The maximum atomic E-state index is 12.2. The minimum absolute atomic E-state index is 0.123. The van der Waals surface area contributed by atoms with E-state index in [1.165, 1.54) is 6.08 Å². The van der Waals surface area contributed by atoms with E-state index >= 15 is 0 Å². The summed E-state index contributed by atoms with van der Waals surface area (Å²) in [6.45, 7) is 6.24. The van der Waals surface area contributed by atoms with Crippen LogP contribution in [0.25, 0.3) is 6.08 Å². The Hall–Kier alpha value is -2.80. The van der Waals surface area contributed by atoms with Gasteiger partial charge in [-0.1, -0.05) is 15.9 Å². The fraction of sp³-hybridized carbons (Fsp3) is 0.304. The van der Waals surface area contributed by atoms with Gasteiger partial charge in [0.2, 0.25) is 11.8 Å². The van der Waals surface area contributed by atoms with Crippen LogP contribution in [0.15, 0.2) is 40.9 Å². The van der Waals surface area contributed by atoms with Gasteiger partial charge in [-0.3, -0.25) is 9.59 Å². The summed E-state index contributed by atoms with van der Waals surface area (Å²) in [6.07, 6.45) is 4.03. The van der Waals surface area contributed by atoms with Gasteiger partial charge >= 0.3 is 0 Å². The van der Waals surface area contributed by atoms with Crippen LogP contribution in [0.1, 0.15) is 30.5 Å². The SMILES string of the molecule is CCOc1cc2c(cc1/C=C/C(=O)NCC(=O)Nc1ccc(Br)cc1C)O[C@@H](C)C2. The number of nitrogens with one attached hydrogen (secondary N) is 2. The van der Waals surface area contributed by atoms with E-state index in [1.807, 2.05) is 51.1 Å². The van der Waals surface area contributed by atoms with Gasteiger partial charge in [-0.2, -0.15) is 0 Å². The Labute approximate surface area is 184 Å². The lowest BCUT2D eigenvalue weighted by Gasteiger charge is -2.10. The van der Waals surface area contributed by atoms with Gasteiger partial charge in [0.25, 0.3) is 0 Å². The molecule has 0 aliphatic carbocycles. The second kappa shape index (κ2) is 9.80. The summed E-state index contributed by atoms with van der Waals surface area (Å²) >= 11 is 3.39. The Bertz CT molecular complexity index is 987. The maximum absolute atomic E-state index is 12.2. The molecule has 0 unspecified atom stereocenters. The van der Waals surface area contributed by atoms with Crippen molar-refractivity contribution in [2.45, 2.75) is 33.3 Å². The first-order valence-corrected chi connectivity index (χ1v) is 10.6. The molecule has 0 aromatic heterocycles. The highest BCUT2D eigenvalue weighted by atomic mass is 79.9. The Morgan fingerprint density at radius 2 is 2.10 bits per heavy atom. The summed E-state index contributed by atoms with van der Waals surface area (Å²) in [7, 11) is 0. The Morgan fingerprint density at radius 1 is 1.30 bits per heavy atom. The van der Waals surface area contributed by atoms with Gasteiger partial charge in [0.15, 0.2) is 0 Å². The molecule has 2 aromatic carbocycles. The molecule has 7 heteroatoms. The summed E-state index contributed by atoms with van der Waals surface area (Å²) < 4.78 is 12.4. The lowest BCUT2D eigenvalue weighted by atomic mass is 10.1. The molecule has 2 aromatic rings. The van der Waals surface area contributed by atoms with Gasteiger partial charge in [0, 0.05) is 33.8 Å². The molecular weight excluding hydrogens is 448 g/mol. The standard InChI is InChI=1S/C23H25BrN2O4/c1-4-29-20-12-17-10-15(3)30-21(17)11-16(20)5-8-22(27)25-13-23(28)26-19-7-6-18(24)9-14(19)2/h5-9,11-12,15H,4,10,13H2,1-3H3,(H,25,27)(H,26,28)/b8-5+/t15-/m0/s1. The van der Waals surface area contributed by atoms with Crippen LogP contribution in [0.2, 0.25) is 0 Å². The predicted octanol–water partition coefficient (Wildman–Crippen LogP) is 4.25. The van der Waals surface area contributed by atoms with Crippen molar-refractivity contribution in [3.63, 3.8) is 0 Å². The van der Waals surface area contributed by atoms with E-state index in [4.69, 9.17) is 9.47 Å². The Balaban J connectivity index is 1.59. The van der Waals surface area contributed by atoms with Crippen LogP contribution in [-0.4, -0.2) is 31.1 Å². The smallest absolute Gasteiger partial charge is 0.244 e. The highest BCUT2D eigenvalue weighted by molar-refractivity contribution is 9.10. The van der Waals surface area contributed by atoms with Crippen molar-refractivity contribution < 1.29 is 19.1 Å². The molecule has 0 spiro atoms. The van der Waals surface area contributed by atoms with E-state index in [2.05, 4.69) is 26.6 Å². The second-order valence-electron chi connectivity index (χ2n) is 7.12. The van der Waals surface area contributed by atoms with Gasteiger partial charge in [-0.25, -0.2) is 0 Å². The van der Waals surface area contributed by atoms with Crippen molar-refractivity contribution >= 4 is 39.5 Å². The van der Waals surface area contributed by atoms with Gasteiger partial charge in [0.1, 0.15) is 17.6 Å². The number of halogens is 1. The number of fused-ring (bicyclic) bond motifs is 1. The molecule has 0 radical (unpaired) electrons. The van der Waals surface area contributed by atoms with Crippen LogP contribution in [0, 0.1) is 6.92 Å². The summed E-state index contributed by atoms with van der Waals surface area (Å²) in [5.41, 5.74) is 3.50. The number of ether oxygens (including phenoxy) is 2. The zero-order chi connectivity index (χ0) is 21.7. The first-order valence-electron chi connectivity index (χ1n) is 9.84. The van der Waals surface area contributed by atoms with Crippen molar-refractivity contribution in [3.8, 4) is 11.5 Å². The fourth-order valence-corrected chi connectivity index (χ4v) is 3.69. The monoisotopic (exact) mass is 472 g/mol. The topological polar surface area (TPSA) is 76.7 Å². The van der Waals surface area contributed by atoms with Crippen LogP contribution < -0.4 is 20.1 Å². The number of aryl methyl sites for hydroxylation is 1. The third-order valence-corrected chi connectivity index (χ3v) is 5.12. The number of rotatable bonds is 7. The van der Waals surface area contributed by atoms with E-state index in [1.54, 1.807) is 6.08 Å². The molecule has 1 aliphatic heterocycles. The predicted molar refractivity (Wildman–Crippen MR) is 121 cm³/mol. The summed E-state index contributed by atoms with van der Waals surface area (Å²) in [4.78, 5) is 24.3. The molecule has 1 heterocycles. The molecule has 2 N–H and O–H groups in total. The molecule has 2 amide bonds. The van der Waals surface area contributed by atoms with Gasteiger partial charge in [-0.15, -0.1) is 0 Å². The van der Waals surface area contributed by atoms with E-state index in [9.17, 15) is 9.59 Å². The average molecular weight is 473 g/mol. The molecule has 1 atom stereocenters. The molecule has 1 aliphatic rings. The van der Waals surface area contributed by atoms with Crippen LogP contribution in [-0.2, 0) is 16.0 Å². The number of hydrogen-bond donors (Lipinski definition) is 2. The van der Waals surface area contributed by atoms with Gasteiger partial charge in [-0.05, 0) is 62.7 Å². The van der Waals surface area contributed by atoms with Crippen LogP contribution in [0.4, 0.5) is 5.69 Å². The van der Waals surface area contributed by atoms with Crippen LogP contribution >= 0.6 is 15.9 Å². The highest BCUT2D eigenvalue weighted by Crippen LogP contribution is 2.35. The lowest BCUT2D eigenvalue weighted by Crippen LogP contribution is -2.31. The number of anilines is 1. The molecule has 3 rings (SSSR count).